The van der Waals surface area contributed by atoms with E-state index in [0.717, 1.165) is 0 Å². The molecule has 0 aromatic heterocycles. The minimum atomic E-state index is 0. The average molecular weight is 468 g/mol. The molecule has 0 spiro atoms. The van der Waals surface area contributed by atoms with E-state index in [-0.39, 0.29) is 25.6 Å². The molecule has 0 unspecified atom stereocenters. The standard InChI is InChI=1S/C20H21N.Ir/c1-19-12-14-20(15-13-19,17-8-4-2-5-9-17)21(16-19)18-10-6-3-7-11-18;/h2-10,16H,12-15H2,1H3;. The smallest absolute Gasteiger partial charge is 0.187 e. The quantitative estimate of drug-likeness (QED) is 0.566. The van der Waals surface area contributed by atoms with Gasteiger partial charge in [0.1, 0.15) is 11.0 Å². The first-order valence-electron chi connectivity index (χ1n) is 7.90. The molecule has 115 valence electrons. The maximum absolute atomic E-state index is 3.43. The molecule has 0 N–H and O–H groups in total. The first-order chi connectivity index (χ1) is 10.2. The Labute approximate surface area is 147 Å². The van der Waals surface area contributed by atoms with Crippen LogP contribution in [0.15, 0.2) is 54.6 Å². The van der Waals surface area contributed by atoms with Crippen LogP contribution in [0.25, 0.3) is 0 Å². The van der Waals surface area contributed by atoms with Crippen LogP contribution in [-0.2, 0) is 25.6 Å². The number of hydrogen-bond acceptors (Lipinski definition) is 1. The molecule has 5 rings (SSSR count). The van der Waals surface area contributed by atoms with Gasteiger partial charge in [0.05, 0.1) is 0 Å². The van der Waals surface area contributed by atoms with Crippen molar-refractivity contribution in [1.82, 2.24) is 0 Å². The van der Waals surface area contributed by atoms with Gasteiger partial charge in [-0.25, -0.2) is 4.90 Å². The maximum Gasteiger partial charge on any atom is 0.187 e. The molecule has 3 fully saturated rings. The predicted octanol–water partition coefficient (Wildman–Crippen LogP) is 4.94. The molecule has 2 aliphatic heterocycles. The summed E-state index contributed by atoms with van der Waals surface area (Å²) < 4.78 is 0. The number of rotatable bonds is 2. The zero-order valence-electron chi connectivity index (χ0n) is 12.9. The van der Waals surface area contributed by atoms with E-state index in [2.05, 4.69) is 66.9 Å². The van der Waals surface area contributed by atoms with Crippen LogP contribution in [0.2, 0.25) is 0 Å². The summed E-state index contributed by atoms with van der Waals surface area (Å²) >= 11 is 0. The number of hydrogen-bond donors (Lipinski definition) is 0. The van der Waals surface area contributed by atoms with E-state index in [1.165, 1.54) is 36.9 Å². The van der Waals surface area contributed by atoms with Crippen molar-refractivity contribution in [1.29, 1.82) is 0 Å². The Morgan fingerprint density at radius 1 is 0.955 bits per heavy atom. The second-order valence-electron chi connectivity index (χ2n) is 6.80. The predicted molar refractivity (Wildman–Crippen MR) is 86.8 cm³/mol. The molecule has 2 heteroatoms. The fourth-order valence-electron chi connectivity index (χ4n) is 4.05. The van der Waals surface area contributed by atoms with Crippen LogP contribution in [0, 0.1) is 18.0 Å². The summed E-state index contributed by atoms with van der Waals surface area (Å²) in [6.07, 6.45) is 5.02. The van der Waals surface area contributed by atoms with Crippen LogP contribution in [0.5, 0.6) is 0 Å². The fourth-order valence-corrected chi connectivity index (χ4v) is 4.05. The molecular formula is C20H21IrN. The third-order valence-corrected chi connectivity index (χ3v) is 5.38. The van der Waals surface area contributed by atoms with Gasteiger partial charge in [-0.15, -0.1) is 6.07 Å². The molecule has 1 radical (unpaired) electrons. The molecule has 2 bridgehead atoms. The summed E-state index contributed by atoms with van der Waals surface area (Å²) in [6, 6.07) is 22.8. The maximum atomic E-state index is 3.43. The van der Waals surface area contributed by atoms with Crippen LogP contribution >= 0.6 is 0 Å². The second kappa shape index (κ2) is 5.76. The van der Waals surface area contributed by atoms with E-state index in [0.29, 0.717) is 5.41 Å². The molecule has 0 atom stereocenters. The van der Waals surface area contributed by atoms with Crippen molar-refractivity contribution in [3.63, 3.8) is 0 Å². The van der Waals surface area contributed by atoms with E-state index < -0.39 is 0 Å². The van der Waals surface area contributed by atoms with Gasteiger partial charge in [0.2, 0.25) is 0 Å². The molecule has 1 saturated carbocycles. The van der Waals surface area contributed by atoms with Crippen LogP contribution in [0.3, 0.4) is 0 Å². The van der Waals surface area contributed by atoms with Gasteiger partial charge in [0.25, 0.3) is 0 Å². The summed E-state index contributed by atoms with van der Waals surface area (Å²) in [5, 5.41) is 0. The van der Waals surface area contributed by atoms with Crippen molar-refractivity contribution >= 4 is 5.69 Å². The molecule has 0 amide bonds. The Balaban J connectivity index is 0.00000144. The van der Waals surface area contributed by atoms with Gasteiger partial charge in [-0.1, -0.05) is 30.3 Å². The summed E-state index contributed by atoms with van der Waals surface area (Å²) in [7, 11) is 0. The Hall–Kier alpha value is -1.24. The summed E-state index contributed by atoms with van der Waals surface area (Å²) in [5.41, 5.74) is 3.11. The average Bonchev–Trinajstić information content (AvgIpc) is 2.57. The van der Waals surface area contributed by atoms with Gasteiger partial charge in [-0.3, -0.25) is 0 Å². The van der Waals surface area contributed by atoms with Crippen molar-refractivity contribution in [2.75, 3.05) is 4.90 Å². The molecule has 1 aliphatic carbocycles. The van der Waals surface area contributed by atoms with Crippen molar-refractivity contribution in [2.24, 2.45) is 5.41 Å². The van der Waals surface area contributed by atoms with Gasteiger partial charge in [-0.2, -0.15) is 24.3 Å². The normalized spacial score (nSPS) is 29.6. The van der Waals surface area contributed by atoms with Gasteiger partial charge < -0.3 is 0 Å². The van der Waals surface area contributed by atoms with Crippen LogP contribution < -0.4 is 4.90 Å². The van der Waals surface area contributed by atoms with Gasteiger partial charge >= 0.3 is 0 Å². The number of benzene rings is 2. The minimum Gasteiger partial charge on any atom is -0.228 e. The Morgan fingerprint density at radius 3 is 2.27 bits per heavy atom. The zero-order chi connectivity index (χ0) is 14.3. The number of anilines is 1. The summed E-state index contributed by atoms with van der Waals surface area (Å²) in [4.78, 5) is 2.51. The van der Waals surface area contributed by atoms with Crippen molar-refractivity contribution < 1.29 is 20.1 Å². The largest absolute Gasteiger partial charge is 0.228 e. The van der Waals surface area contributed by atoms with Crippen molar-refractivity contribution in [3.8, 4) is 0 Å². The van der Waals surface area contributed by atoms with E-state index in [1.807, 2.05) is 12.1 Å². The van der Waals surface area contributed by atoms with Gasteiger partial charge in [0.15, 0.2) is 6.54 Å². The van der Waals surface area contributed by atoms with E-state index in [4.69, 9.17) is 0 Å². The number of para-hydroxylation sites is 1. The number of nitrogens with zero attached hydrogens (tertiary/aromatic N) is 1. The molecule has 2 aromatic carbocycles. The monoisotopic (exact) mass is 468 g/mol. The van der Waals surface area contributed by atoms with Crippen LogP contribution in [-0.4, -0.2) is 0 Å². The van der Waals surface area contributed by atoms with E-state index >= 15 is 0 Å². The first-order valence-corrected chi connectivity index (χ1v) is 7.90. The first kappa shape index (κ1) is 15.6. The molecule has 2 saturated heterocycles. The second-order valence-corrected chi connectivity index (χ2v) is 6.80. The molecule has 2 heterocycles. The molecule has 22 heavy (non-hydrogen) atoms. The Morgan fingerprint density at radius 2 is 1.64 bits per heavy atom. The number of piperidine rings is 2. The van der Waals surface area contributed by atoms with Crippen molar-refractivity contribution in [2.45, 2.75) is 38.1 Å². The fraction of sp³-hybridized carbons (Fsp3) is 0.350. The SMILES string of the molecule is CC12[CH+]N(c3[c-]cccc3)C(c3ccccc3)(CC1)CC2.[Ir]. The topological polar surface area (TPSA) is 3.24 Å². The third kappa shape index (κ3) is 2.39. The zero-order valence-corrected chi connectivity index (χ0v) is 15.3. The van der Waals surface area contributed by atoms with E-state index in [9.17, 15) is 0 Å². The molecule has 2 aromatic rings. The van der Waals surface area contributed by atoms with Gasteiger partial charge in [-0.05, 0) is 43.9 Å². The molecule has 3 aliphatic rings. The minimum absolute atomic E-state index is 0. The van der Waals surface area contributed by atoms with Crippen molar-refractivity contribution in [3.05, 3.63) is 72.8 Å². The van der Waals surface area contributed by atoms with E-state index in [1.54, 1.807) is 0 Å². The summed E-state index contributed by atoms with van der Waals surface area (Å²) in [5.74, 6) is 0. The Bertz CT molecular complexity index is 615. The van der Waals surface area contributed by atoms with Gasteiger partial charge in [0, 0.05) is 20.1 Å². The third-order valence-electron chi connectivity index (χ3n) is 5.38. The van der Waals surface area contributed by atoms with Crippen LogP contribution in [0.1, 0.15) is 38.2 Å². The Kier molecular flexibility index (Phi) is 4.09. The number of fused-ring (bicyclic) bond motifs is 3. The van der Waals surface area contributed by atoms with Crippen LogP contribution in [0.4, 0.5) is 5.69 Å². The molecule has 1 nitrogen and oxygen atoms in total. The molecular weight excluding hydrogens is 446 g/mol. The summed E-state index contributed by atoms with van der Waals surface area (Å²) in [6.45, 7) is 4.87.